The zero-order valence-corrected chi connectivity index (χ0v) is 15.7. The summed E-state index contributed by atoms with van der Waals surface area (Å²) in [6.45, 7) is 4.05. The van der Waals surface area contributed by atoms with Gasteiger partial charge in [0.05, 0.1) is 18.1 Å². The monoisotopic (exact) mass is 361 g/mol. The second kappa shape index (κ2) is 9.33. The molecule has 2 rings (SSSR count). The summed E-state index contributed by atoms with van der Waals surface area (Å²) in [5, 5.41) is 2.80. The molecule has 0 bridgehead atoms. The number of carbonyl (C=O) groups is 3. The van der Waals surface area contributed by atoms with E-state index in [-0.39, 0.29) is 24.2 Å². The highest BCUT2D eigenvalue weighted by Crippen LogP contribution is 2.21. The van der Waals surface area contributed by atoms with E-state index in [1.54, 1.807) is 36.1 Å². The van der Waals surface area contributed by atoms with Gasteiger partial charge in [0.2, 0.25) is 11.8 Å². The predicted molar refractivity (Wildman–Crippen MR) is 98.9 cm³/mol. The molecule has 1 aliphatic rings. The Hall–Kier alpha value is -2.41. The molecule has 26 heavy (non-hydrogen) atoms. The molecule has 0 spiro atoms. The molecule has 0 aromatic heterocycles. The van der Waals surface area contributed by atoms with Gasteiger partial charge in [-0.05, 0) is 52.2 Å². The lowest BCUT2D eigenvalue weighted by Gasteiger charge is -2.18. The molecule has 0 saturated carbocycles. The number of nitrogens with zero attached hydrogens (tertiary/aromatic N) is 2. The van der Waals surface area contributed by atoms with Gasteiger partial charge in [-0.1, -0.05) is 6.07 Å². The van der Waals surface area contributed by atoms with E-state index in [1.165, 1.54) is 0 Å². The number of esters is 1. The SMILES string of the molecule is CCOC(=O)c1cccc(NC(=O)C2CC(=O)N(CCCN(C)C)C2)c1. The molecule has 142 valence electrons. The standard InChI is InChI=1S/C19H27N3O4/c1-4-26-19(25)14-7-5-8-16(11-14)20-18(24)15-12-17(23)22(13-15)10-6-9-21(2)3/h5,7-8,11,15H,4,6,9-10,12-13H2,1-3H3,(H,20,24). The molecule has 2 amide bonds. The van der Waals surface area contributed by atoms with E-state index in [1.807, 2.05) is 14.1 Å². The first-order valence-electron chi connectivity index (χ1n) is 8.91. The number of anilines is 1. The topological polar surface area (TPSA) is 78.9 Å². The van der Waals surface area contributed by atoms with Gasteiger partial charge in [-0.3, -0.25) is 9.59 Å². The minimum Gasteiger partial charge on any atom is -0.462 e. The number of hydrogen-bond acceptors (Lipinski definition) is 5. The summed E-state index contributed by atoms with van der Waals surface area (Å²) < 4.78 is 4.96. The number of hydrogen-bond donors (Lipinski definition) is 1. The van der Waals surface area contributed by atoms with E-state index in [2.05, 4.69) is 10.2 Å². The molecule has 7 heteroatoms. The van der Waals surface area contributed by atoms with Gasteiger partial charge >= 0.3 is 5.97 Å². The number of likely N-dealkylation sites (tertiary alicyclic amines) is 1. The maximum absolute atomic E-state index is 12.5. The van der Waals surface area contributed by atoms with E-state index >= 15 is 0 Å². The maximum atomic E-state index is 12.5. The zero-order chi connectivity index (χ0) is 19.1. The van der Waals surface area contributed by atoms with E-state index in [4.69, 9.17) is 4.74 Å². The summed E-state index contributed by atoms with van der Waals surface area (Å²) in [6.07, 6.45) is 1.11. The first-order valence-corrected chi connectivity index (χ1v) is 8.91. The van der Waals surface area contributed by atoms with Crippen LogP contribution in [-0.4, -0.2) is 67.9 Å². The highest BCUT2D eigenvalue weighted by atomic mass is 16.5. The second-order valence-electron chi connectivity index (χ2n) is 6.69. The Bertz CT molecular complexity index is 660. The van der Waals surface area contributed by atoms with Crippen LogP contribution in [0.3, 0.4) is 0 Å². The van der Waals surface area contributed by atoms with E-state index in [0.29, 0.717) is 30.9 Å². The van der Waals surface area contributed by atoms with Gasteiger partial charge in [0.1, 0.15) is 0 Å². The summed E-state index contributed by atoms with van der Waals surface area (Å²) >= 11 is 0. The van der Waals surface area contributed by atoms with Crippen molar-refractivity contribution in [2.45, 2.75) is 19.8 Å². The maximum Gasteiger partial charge on any atom is 0.338 e. The van der Waals surface area contributed by atoms with Gasteiger partial charge in [-0.15, -0.1) is 0 Å². The first kappa shape index (κ1) is 19.9. The Morgan fingerprint density at radius 2 is 2.12 bits per heavy atom. The smallest absolute Gasteiger partial charge is 0.338 e. The van der Waals surface area contributed by atoms with Crippen molar-refractivity contribution >= 4 is 23.5 Å². The molecule has 1 saturated heterocycles. The molecule has 1 aromatic rings. The molecule has 1 unspecified atom stereocenters. The Morgan fingerprint density at radius 3 is 2.81 bits per heavy atom. The first-order chi connectivity index (χ1) is 12.4. The lowest BCUT2D eigenvalue weighted by molar-refractivity contribution is -0.128. The molecule has 0 aliphatic carbocycles. The van der Waals surface area contributed by atoms with Gasteiger partial charge in [0.15, 0.2) is 0 Å². The number of nitrogens with one attached hydrogen (secondary N) is 1. The second-order valence-corrected chi connectivity index (χ2v) is 6.69. The molecule has 1 atom stereocenters. The summed E-state index contributed by atoms with van der Waals surface area (Å²) in [5.41, 5.74) is 0.913. The van der Waals surface area contributed by atoms with E-state index in [0.717, 1.165) is 13.0 Å². The fraction of sp³-hybridized carbons (Fsp3) is 0.526. The predicted octanol–water partition coefficient (Wildman–Crippen LogP) is 1.60. The van der Waals surface area contributed by atoms with Crippen LogP contribution in [0.4, 0.5) is 5.69 Å². The number of rotatable bonds is 8. The summed E-state index contributed by atoms with van der Waals surface area (Å²) in [4.78, 5) is 40.2. The van der Waals surface area contributed by atoms with Crippen molar-refractivity contribution in [2.75, 3.05) is 45.7 Å². The number of ether oxygens (including phenoxy) is 1. The normalized spacial score (nSPS) is 16.8. The van der Waals surface area contributed by atoms with Crippen molar-refractivity contribution in [1.29, 1.82) is 0 Å². The summed E-state index contributed by atoms with van der Waals surface area (Å²) in [6, 6.07) is 6.63. The highest BCUT2D eigenvalue weighted by Gasteiger charge is 2.34. The molecule has 1 heterocycles. The molecular weight excluding hydrogens is 334 g/mol. The third-order valence-corrected chi connectivity index (χ3v) is 4.26. The Balaban J connectivity index is 1.91. The Labute approximate surface area is 154 Å². The van der Waals surface area contributed by atoms with Gasteiger partial charge in [-0.25, -0.2) is 4.79 Å². The Kier molecular flexibility index (Phi) is 7.15. The fourth-order valence-corrected chi connectivity index (χ4v) is 2.92. The van der Waals surface area contributed by atoms with Gasteiger partial charge in [-0.2, -0.15) is 0 Å². The largest absolute Gasteiger partial charge is 0.462 e. The van der Waals surface area contributed by atoms with Crippen LogP contribution in [0.25, 0.3) is 0 Å². The fourth-order valence-electron chi connectivity index (χ4n) is 2.92. The van der Waals surface area contributed by atoms with Crippen LogP contribution in [0.2, 0.25) is 0 Å². The Morgan fingerprint density at radius 1 is 1.35 bits per heavy atom. The third kappa shape index (κ3) is 5.56. The van der Waals surface area contributed by atoms with Crippen molar-refractivity contribution in [2.24, 2.45) is 5.92 Å². The van der Waals surface area contributed by atoms with Crippen LogP contribution in [0.15, 0.2) is 24.3 Å². The molecule has 1 N–H and O–H groups in total. The average Bonchev–Trinajstić information content (AvgIpc) is 2.96. The number of carbonyl (C=O) groups excluding carboxylic acids is 3. The molecule has 1 fully saturated rings. The van der Waals surface area contributed by atoms with E-state index < -0.39 is 5.97 Å². The number of amides is 2. The van der Waals surface area contributed by atoms with Crippen LogP contribution >= 0.6 is 0 Å². The van der Waals surface area contributed by atoms with Gasteiger partial charge < -0.3 is 19.9 Å². The quantitative estimate of drug-likeness (QED) is 0.712. The van der Waals surface area contributed by atoms with Crippen LogP contribution in [0.5, 0.6) is 0 Å². The summed E-state index contributed by atoms with van der Waals surface area (Å²) in [5.74, 6) is -0.974. The molecular formula is C19H27N3O4. The third-order valence-electron chi connectivity index (χ3n) is 4.26. The van der Waals surface area contributed by atoms with Crippen LogP contribution in [0.1, 0.15) is 30.1 Å². The summed E-state index contributed by atoms with van der Waals surface area (Å²) in [7, 11) is 3.99. The van der Waals surface area contributed by atoms with E-state index in [9.17, 15) is 14.4 Å². The van der Waals surface area contributed by atoms with Crippen molar-refractivity contribution in [3.05, 3.63) is 29.8 Å². The molecule has 1 aliphatic heterocycles. The molecule has 0 radical (unpaired) electrons. The molecule has 7 nitrogen and oxygen atoms in total. The lowest BCUT2D eigenvalue weighted by Crippen LogP contribution is -2.30. The van der Waals surface area contributed by atoms with Crippen molar-refractivity contribution < 1.29 is 19.1 Å². The number of benzene rings is 1. The minimum absolute atomic E-state index is 0.0178. The molecule has 1 aromatic carbocycles. The van der Waals surface area contributed by atoms with Gasteiger partial charge in [0.25, 0.3) is 0 Å². The van der Waals surface area contributed by atoms with Crippen LogP contribution < -0.4 is 5.32 Å². The highest BCUT2D eigenvalue weighted by molar-refractivity contribution is 5.98. The van der Waals surface area contributed by atoms with Crippen LogP contribution in [0, 0.1) is 5.92 Å². The van der Waals surface area contributed by atoms with Crippen molar-refractivity contribution in [3.63, 3.8) is 0 Å². The zero-order valence-electron chi connectivity index (χ0n) is 15.7. The lowest BCUT2D eigenvalue weighted by atomic mass is 10.1. The average molecular weight is 361 g/mol. The van der Waals surface area contributed by atoms with Gasteiger partial charge in [0, 0.05) is 25.2 Å². The van der Waals surface area contributed by atoms with Crippen LogP contribution in [-0.2, 0) is 14.3 Å². The minimum atomic E-state index is -0.424. The van der Waals surface area contributed by atoms with Crippen molar-refractivity contribution in [1.82, 2.24) is 9.80 Å². The van der Waals surface area contributed by atoms with Crippen molar-refractivity contribution in [3.8, 4) is 0 Å².